The summed E-state index contributed by atoms with van der Waals surface area (Å²) in [6.07, 6.45) is 3.06. The maximum Gasteiger partial charge on any atom is 0.261 e. The molecule has 1 saturated heterocycles. The number of likely N-dealkylation sites (N-methyl/N-ethyl adjacent to an activating group) is 1. The zero-order valence-electron chi connectivity index (χ0n) is 16.8. The van der Waals surface area contributed by atoms with Gasteiger partial charge in [0.05, 0.1) is 0 Å². The van der Waals surface area contributed by atoms with E-state index in [1.54, 1.807) is 0 Å². The third kappa shape index (κ3) is 4.92. The van der Waals surface area contributed by atoms with E-state index in [-0.39, 0.29) is 36.6 Å². The molecule has 1 fully saturated rings. The fraction of sp³-hybridized carbons (Fsp3) is 0.455. The quantitative estimate of drug-likeness (QED) is 0.528. The predicted molar refractivity (Wildman–Crippen MR) is 122 cm³/mol. The zero-order chi connectivity index (χ0) is 18.8. The zero-order valence-corrected chi connectivity index (χ0v) is 18.4. The van der Waals surface area contributed by atoms with E-state index in [9.17, 15) is 9.59 Å². The Hall–Kier alpha value is -1.66. The standard InChI is InChI=1S/C22H27N3O2.2ClH/c1-23-11-6-13-24(16-15-23)12-2-3-14-25-21(26)18-9-4-7-17-8-5-10-19(20(17)18)22(25)27;;/h4-5,7-10H,2-3,6,11-16H2,1H3;2*1H. The Balaban J connectivity index is 0.00000150. The average molecular weight is 438 g/mol. The summed E-state index contributed by atoms with van der Waals surface area (Å²) in [5.74, 6) is -0.304. The highest BCUT2D eigenvalue weighted by Gasteiger charge is 2.32. The third-order valence-corrected chi connectivity index (χ3v) is 5.77. The summed E-state index contributed by atoms with van der Waals surface area (Å²) in [6.45, 7) is 6.06. The molecule has 0 radical (unpaired) electrons. The molecular weight excluding hydrogens is 409 g/mol. The number of unbranched alkanes of at least 4 members (excludes halogenated alkanes) is 1. The molecule has 0 unspecified atom stereocenters. The largest absolute Gasteiger partial charge is 0.305 e. The van der Waals surface area contributed by atoms with E-state index in [4.69, 9.17) is 0 Å². The highest BCUT2D eigenvalue weighted by molar-refractivity contribution is 6.25. The number of imide groups is 1. The summed E-state index contributed by atoms with van der Waals surface area (Å²) >= 11 is 0. The van der Waals surface area contributed by atoms with Crippen LogP contribution >= 0.6 is 24.8 Å². The molecule has 0 aromatic heterocycles. The Morgan fingerprint density at radius 1 is 0.793 bits per heavy atom. The number of hydrogen-bond acceptors (Lipinski definition) is 4. The average Bonchev–Trinajstić information content (AvgIpc) is 2.89. The number of benzene rings is 2. The minimum atomic E-state index is -0.152. The Morgan fingerprint density at radius 3 is 2.07 bits per heavy atom. The second kappa shape index (κ2) is 10.4. The van der Waals surface area contributed by atoms with Crippen molar-refractivity contribution in [1.82, 2.24) is 14.7 Å². The van der Waals surface area contributed by atoms with Gasteiger partial charge in [0.25, 0.3) is 11.8 Å². The summed E-state index contributed by atoms with van der Waals surface area (Å²) in [5.41, 5.74) is 1.30. The van der Waals surface area contributed by atoms with E-state index in [0.29, 0.717) is 17.7 Å². The number of carbonyl (C=O) groups is 2. The van der Waals surface area contributed by atoms with E-state index in [1.165, 1.54) is 11.3 Å². The monoisotopic (exact) mass is 437 g/mol. The molecule has 0 spiro atoms. The molecule has 0 bridgehead atoms. The van der Waals surface area contributed by atoms with Gasteiger partial charge in [-0.05, 0) is 63.5 Å². The molecule has 2 aromatic rings. The highest BCUT2D eigenvalue weighted by Crippen LogP contribution is 2.30. The van der Waals surface area contributed by atoms with Gasteiger partial charge in [0.1, 0.15) is 0 Å². The van der Waals surface area contributed by atoms with Crippen LogP contribution in [-0.2, 0) is 0 Å². The molecule has 2 aromatic carbocycles. The lowest BCUT2D eigenvalue weighted by Gasteiger charge is -2.27. The molecule has 4 rings (SSSR count). The van der Waals surface area contributed by atoms with Crippen LogP contribution < -0.4 is 0 Å². The van der Waals surface area contributed by atoms with Crippen molar-refractivity contribution < 1.29 is 9.59 Å². The normalized spacial score (nSPS) is 17.6. The number of halogens is 2. The van der Waals surface area contributed by atoms with Gasteiger partial charge < -0.3 is 9.80 Å². The number of carbonyl (C=O) groups excluding carboxylic acids is 2. The minimum absolute atomic E-state index is 0. The SMILES string of the molecule is CN1CCCN(CCCCN2C(=O)c3cccc4cccc(c34)C2=O)CC1.Cl.Cl. The van der Waals surface area contributed by atoms with Crippen molar-refractivity contribution in [2.75, 3.05) is 46.3 Å². The molecule has 2 aliphatic rings. The molecule has 0 saturated carbocycles. The summed E-state index contributed by atoms with van der Waals surface area (Å²) in [7, 11) is 2.18. The van der Waals surface area contributed by atoms with Crippen molar-refractivity contribution in [3.8, 4) is 0 Å². The summed E-state index contributed by atoms with van der Waals surface area (Å²) in [4.78, 5) is 32.1. The fourth-order valence-electron chi connectivity index (χ4n) is 4.21. The molecule has 5 nitrogen and oxygen atoms in total. The second-order valence-corrected chi connectivity index (χ2v) is 7.68. The third-order valence-electron chi connectivity index (χ3n) is 5.77. The number of amides is 2. The first kappa shape index (κ1) is 23.6. The Morgan fingerprint density at radius 2 is 1.41 bits per heavy atom. The minimum Gasteiger partial charge on any atom is -0.305 e. The van der Waals surface area contributed by atoms with Crippen LogP contribution in [0.4, 0.5) is 0 Å². The smallest absolute Gasteiger partial charge is 0.261 e. The first-order chi connectivity index (χ1) is 13.1. The molecule has 158 valence electrons. The van der Waals surface area contributed by atoms with Gasteiger partial charge in [0.15, 0.2) is 0 Å². The van der Waals surface area contributed by atoms with E-state index >= 15 is 0 Å². The van der Waals surface area contributed by atoms with Crippen LogP contribution in [0.25, 0.3) is 10.8 Å². The Labute approximate surface area is 184 Å². The highest BCUT2D eigenvalue weighted by atomic mass is 35.5. The van der Waals surface area contributed by atoms with Gasteiger partial charge in [-0.15, -0.1) is 24.8 Å². The molecular formula is C22H29Cl2N3O2. The lowest BCUT2D eigenvalue weighted by Crippen LogP contribution is -2.41. The maximum absolute atomic E-state index is 12.9. The van der Waals surface area contributed by atoms with Gasteiger partial charge in [-0.3, -0.25) is 14.5 Å². The first-order valence-electron chi connectivity index (χ1n) is 9.94. The van der Waals surface area contributed by atoms with Crippen LogP contribution in [0.1, 0.15) is 40.0 Å². The molecule has 0 atom stereocenters. The van der Waals surface area contributed by atoms with Crippen molar-refractivity contribution in [3.05, 3.63) is 47.5 Å². The molecule has 0 N–H and O–H groups in total. The van der Waals surface area contributed by atoms with Crippen LogP contribution in [0.3, 0.4) is 0 Å². The van der Waals surface area contributed by atoms with Crippen LogP contribution in [0.2, 0.25) is 0 Å². The predicted octanol–water partition coefficient (Wildman–Crippen LogP) is 3.70. The number of rotatable bonds is 5. The van der Waals surface area contributed by atoms with Crippen LogP contribution in [-0.4, -0.2) is 72.8 Å². The van der Waals surface area contributed by atoms with Crippen molar-refractivity contribution >= 4 is 47.4 Å². The Kier molecular flexibility index (Phi) is 8.46. The lowest BCUT2D eigenvalue weighted by atomic mass is 9.94. The summed E-state index contributed by atoms with van der Waals surface area (Å²) in [6, 6.07) is 11.4. The van der Waals surface area contributed by atoms with Crippen molar-refractivity contribution in [2.24, 2.45) is 0 Å². The van der Waals surface area contributed by atoms with Gasteiger partial charge in [-0.2, -0.15) is 0 Å². The molecule has 0 aliphatic carbocycles. The first-order valence-corrected chi connectivity index (χ1v) is 9.94. The van der Waals surface area contributed by atoms with Crippen LogP contribution in [0.5, 0.6) is 0 Å². The van der Waals surface area contributed by atoms with Crippen molar-refractivity contribution in [3.63, 3.8) is 0 Å². The van der Waals surface area contributed by atoms with Gasteiger partial charge in [-0.1, -0.05) is 24.3 Å². The Bertz CT molecular complexity index is 824. The van der Waals surface area contributed by atoms with E-state index in [2.05, 4.69) is 16.8 Å². The van der Waals surface area contributed by atoms with E-state index in [1.807, 2.05) is 36.4 Å². The van der Waals surface area contributed by atoms with E-state index < -0.39 is 0 Å². The number of nitrogens with zero attached hydrogens (tertiary/aromatic N) is 3. The fourth-order valence-corrected chi connectivity index (χ4v) is 4.21. The van der Waals surface area contributed by atoms with Gasteiger partial charge in [0.2, 0.25) is 0 Å². The van der Waals surface area contributed by atoms with Crippen molar-refractivity contribution in [2.45, 2.75) is 19.3 Å². The second-order valence-electron chi connectivity index (χ2n) is 7.68. The topological polar surface area (TPSA) is 43.9 Å². The summed E-state index contributed by atoms with van der Waals surface area (Å²) < 4.78 is 0. The molecule has 7 heteroatoms. The summed E-state index contributed by atoms with van der Waals surface area (Å²) in [5, 5.41) is 1.76. The van der Waals surface area contributed by atoms with Gasteiger partial charge in [-0.25, -0.2) is 0 Å². The van der Waals surface area contributed by atoms with Crippen LogP contribution in [0.15, 0.2) is 36.4 Å². The maximum atomic E-state index is 12.9. The van der Waals surface area contributed by atoms with Gasteiger partial charge >= 0.3 is 0 Å². The molecule has 29 heavy (non-hydrogen) atoms. The molecule has 2 heterocycles. The van der Waals surface area contributed by atoms with E-state index in [0.717, 1.165) is 56.3 Å². The van der Waals surface area contributed by atoms with Gasteiger partial charge in [0, 0.05) is 36.1 Å². The number of hydrogen-bond donors (Lipinski definition) is 0. The molecule has 2 amide bonds. The van der Waals surface area contributed by atoms with Crippen LogP contribution in [0, 0.1) is 0 Å². The molecule has 2 aliphatic heterocycles. The lowest BCUT2D eigenvalue weighted by molar-refractivity contribution is 0.0606. The van der Waals surface area contributed by atoms with Crippen molar-refractivity contribution in [1.29, 1.82) is 0 Å².